The third-order valence-electron chi connectivity index (χ3n) is 10.1. The van der Waals surface area contributed by atoms with Crippen molar-refractivity contribution < 1.29 is 33.8 Å². The van der Waals surface area contributed by atoms with E-state index in [4.69, 9.17) is 14.5 Å². The van der Waals surface area contributed by atoms with Crippen LogP contribution in [0.15, 0.2) is 24.4 Å². The quantitative estimate of drug-likeness (QED) is 0.224. The molecular weight excluding hydrogens is 642 g/mol. The minimum absolute atomic E-state index is 0.00983. The fourth-order valence-corrected chi connectivity index (χ4v) is 7.58. The molecule has 272 valence electrons. The molecule has 5 rings (SSSR count). The van der Waals surface area contributed by atoms with Gasteiger partial charge in [-0.3, -0.25) is 9.59 Å². The molecule has 14 nitrogen and oxygen atoms in total. The van der Waals surface area contributed by atoms with Crippen molar-refractivity contribution in [3.63, 3.8) is 0 Å². The van der Waals surface area contributed by atoms with Gasteiger partial charge in [0.05, 0.1) is 19.0 Å². The summed E-state index contributed by atoms with van der Waals surface area (Å²) in [7, 11) is 3.25. The predicted octanol–water partition coefficient (Wildman–Crippen LogP) is 5.39. The number of nitrogens with one attached hydrogen (secondary N) is 3. The molecule has 0 saturated heterocycles. The topological polar surface area (TPSA) is 175 Å². The zero-order valence-electron chi connectivity index (χ0n) is 30.0. The van der Waals surface area contributed by atoms with Gasteiger partial charge >= 0.3 is 12.1 Å². The van der Waals surface area contributed by atoms with Crippen molar-refractivity contribution in [3.8, 4) is 5.75 Å². The Balaban J connectivity index is 1.31. The molecule has 1 aliphatic heterocycles. The Hall–Kier alpha value is -4.62. The van der Waals surface area contributed by atoms with Gasteiger partial charge in [-0.05, 0) is 83.4 Å². The van der Waals surface area contributed by atoms with Crippen LogP contribution in [0.5, 0.6) is 5.75 Å². The lowest BCUT2D eigenvalue weighted by molar-refractivity contribution is -0.148. The van der Waals surface area contributed by atoms with Crippen LogP contribution >= 0.6 is 0 Å². The zero-order valence-corrected chi connectivity index (χ0v) is 30.0. The molecule has 2 fully saturated rings. The Morgan fingerprint density at radius 1 is 1.06 bits per heavy atom. The fourth-order valence-electron chi connectivity index (χ4n) is 7.58. The number of benzene rings is 1. The lowest BCUT2D eigenvalue weighted by Crippen LogP contribution is -2.60. The maximum Gasteiger partial charge on any atom is 0.408 e. The van der Waals surface area contributed by atoms with E-state index in [0.29, 0.717) is 47.9 Å². The standard InChI is InChI=1S/C36H51N7O7/c1-7-26-31(45)42(5)27-21-38-33(40-29(27)43(26)24-14-10-11-15-24)39-25-17-16-22(20-28(25)49-6)30(44)37-19-18-36(32(46)47,23-12-8-9-13-23)41-34(48)50-35(2,3)4/h16-17,20-21,23-24,26H,7-15,18-19H2,1-6H3,(H,37,44)(H,41,48)(H,46,47)(H,38,39,40)/t26-,36+/m1/s1. The van der Waals surface area contributed by atoms with E-state index in [2.05, 4.69) is 25.8 Å². The molecule has 3 aliphatic rings. The van der Waals surface area contributed by atoms with Crippen molar-refractivity contribution in [2.75, 3.05) is 35.8 Å². The lowest BCUT2D eigenvalue weighted by atomic mass is 9.79. The highest BCUT2D eigenvalue weighted by Gasteiger charge is 2.48. The molecule has 2 saturated carbocycles. The Morgan fingerprint density at radius 3 is 2.36 bits per heavy atom. The number of ether oxygens (including phenoxy) is 2. The van der Waals surface area contributed by atoms with Crippen LogP contribution in [0.2, 0.25) is 0 Å². The number of rotatable bonds is 12. The van der Waals surface area contributed by atoms with E-state index in [1.165, 1.54) is 7.11 Å². The first-order chi connectivity index (χ1) is 23.8. The molecule has 14 heteroatoms. The van der Waals surface area contributed by atoms with E-state index in [-0.39, 0.29) is 36.9 Å². The number of nitrogens with zero attached hydrogens (tertiary/aromatic N) is 4. The van der Waals surface area contributed by atoms with Gasteiger partial charge in [0.1, 0.15) is 28.6 Å². The van der Waals surface area contributed by atoms with Crippen LogP contribution in [0.3, 0.4) is 0 Å². The highest BCUT2D eigenvalue weighted by Crippen LogP contribution is 2.41. The summed E-state index contributed by atoms with van der Waals surface area (Å²) >= 11 is 0. The van der Waals surface area contributed by atoms with Gasteiger partial charge in [0.25, 0.3) is 5.91 Å². The van der Waals surface area contributed by atoms with Crippen LogP contribution < -0.4 is 30.5 Å². The number of methoxy groups -OCH3 is 1. The Bertz CT molecular complexity index is 1580. The molecule has 1 aromatic carbocycles. The summed E-state index contributed by atoms with van der Waals surface area (Å²) in [5, 5.41) is 19.1. The highest BCUT2D eigenvalue weighted by atomic mass is 16.6. The molecule has 50 heavy (non-hydrogen) atoms. The first-order valence-electron chi connectivity index (χ1n) is 17.7. The summed E-state index contributed by atoms with van der Waals surface area (Å²) in [6.45, 7) is 7.18. The monoisotopic (exact) mass is 693 g/mol. The van der Waals surface area contributed by atoms with E-state index in [1.54, 1.807) is 57.1 Å². The number of carbonyl (C=O) groups excluding carboxylic acids is 3. The second-order valence-electron chi connectivity index (χ2n) is 14.5. The third kappa shape index (κ3) is 7.73. The van der Waals surface area contributed by atoms with Gasteiger partial charge in [0.2, 0.25) is 11.9 Å². The largest absolute Gasteiger partial charge is 0.495 e. The van der Waals surface area contributed by atoms with Gasteiger partial charge in [0.15, 0.2) is 5.82 Å². The lowest BCUT2D eigenvalue weighted by Gasteiger charge is -2.43. The van der Waals surface area contributed by atoms with Crippen molar-refractivity contribution in [2.24, 2.45) is 5.92 Å². The van der Waals surface area contributed by atoms with Crippen molar-refractivity contribution in [2.45, 2.75) is 115 Å². The number of hydrogen-bond acceptors (Lipinski definition) is 10. The van der Waals surface area contributed by atoms with Crippen molar-refractivity contribution in [3.05, 3.63) is 30.0 Å². The molecule has 2 aromatic rings. The molecule has 2 atom stereocenters. The number of aliphatic carboxylic acids is 1. The van der Waals surface area contributed by atoms with Crippen LogP contribution in [0.1, 0.15) is 102 Å². The van der Waals surface area contributed by atoms with E-state index in [9.17, 15) is 24.3 Å². The Morgan fingerprint density at radius 2 is 1.74 bits per heavy atom. The van der Waals surface area contributed by atoms with E-state index in [0.717, 1.165) is 44.3 Å². The summed E-state index contributed by atoms with van der Waals surface area (Å²) in [4.78, 5) is 65.2. The molecule has 4 N–H and O–H groups in total. The van der Waals surface area contributed by atoms with Crippen molar-refractivity contribution >= 4 is 47.0 Å². The van der Waals surface area contributed by atoms with Gasteiger partial charge < -0.3 is 40.3 Å². The van der Waals surface area contributed by atoms with Crippen LogP contribution in [-0.4, -0.2) is 82.9 Å². The third-order valence-corrected chi connectivity index (χ3v) is 10.1. The molecule has 0 radical (unpaired) electrons. The fraction of sp³-hybridized carbons (Fsp3) is 0.611. The number of amides is 3. The summed E-state index contributed by atoms with van der Waals surface area (Å²) < 4.78 is 11.0. The van der Waals surface area contributed by atoms with Gasteiger partial charge in [-0.2, -0.15) is 4.98 Å². The first kappa shape index (κ1) is 36.7. The van der Waals surface area contributed by atoms with E-state index < -0.39 is 29.1 Å². The second-order valence-corrected chi connectivity index (χ2v) is 14.5. The first-order valence-corrected chi connectivity index (χ1v) is 17.7. The van der Waals surface area contributed by atoms with Crippen LogP contribution in [0.25, 0.3) is 0 Å². The van der Waals surface area contributed by atoms with Gasteiger partial charge in [0, 0.05) is 25.2 Å². The summed E-state index contributed by atoms with van der Waals surface area (Å²) in [5.41, 5.74) is -0.873. The van der Waals surface area contributed by atoms with Gasteiger partial charge in [-0.25, -0.2) is 14.6 Å². The molecule has 1 aromatic heterocycles. The highest BCUT2D eigenvalue weighted by molar-refractivity contribution is 6.04. The minimum atomic E-state index is -1.58. The normalized spacial score (nSPS) is 19.5. The van der Waals surface area contributed by atoms with Crippen molar-refractivity contribution in [1.82, 2.24) is 20.6 Å². The molecule has 2 heterocycles. The Labute approximate surface area is 293 Å². The summed E-state index contributed by atoms with van der Waals surface area (Å²) in [6.07, 6.45) is 8.82. The van der Waals surface area contributed by atoms with Crippen molar-refractivity contribution in [1.29, 1.82) is 0 Å². The minimum Gasteiger partial charge on any atom is -0.495 e. The number of fused-ring (bicyclic) bond motifs is 1. The molecule has 0 bridgehead atoms. The average molecular weight is 694 g/mol. The van der Waals surface area contributed by atoms with Crippen LogP contribution in [0.4, 0.5) is 27.9 Å². The molecule has 0 spiro atoms. The summed E-state index contributed by atoms with van der Waals surface area (Å²) in [5.74, 6) is -0.404. The van der Waals surface area contributed by atoms with Gasteiger partial charge in [-0.15, -0.1) is 0 Å². The number of carboxylic acids is 1. The van der Waals surface area contributed by atoms with E-state index in [1.807, 2.05) is 6.92 Å². The predicted molar refractivity (Wildman–Crippen MR) is 189 cm³/mol. The number of alkyl carbamates (subject to hydrolysis) is 1. The molecule has 2 aliphatic carbocycles. The number of carboxylic acid groups (broad SMARTS) is 1. The molecular formula is C36H51N7O7. The average Bonchev–Trinajstić information content (AvgIpc) is 3.81. The SMILES string of the molecule is CC[C@@H]1C(=O)N(C)c2cnc(Nc3ccc(C(=O)NCC[C@@](NC(=O)OC(C)(C)C)(C(=O)O)C4CCCC4)cc3OC)nc2N1C1CCCC1. The maximum absolute atomic E-state index is 13.3. The zero-order chi connectivity index (χ0) is 36.2. The number of carbonyl (C=O) groups is 4. The number of anilines is 4. The smallest absolute Gasteiger partial charge is 0.408 e. The Kier molecular flexibility index (Phi) is 11.1. The van der Waals surface area contributed by atoms with Crippen LogP contribution in [0, 0.1) is 5.92 Å². The maximum atomic E-state index is 13.3. The summed E-state index contributed by atoms with van der Waals surface area (Å²) in [6, 6.07) is 4.85. The number of likely N-dealkylation sites (N-methyl/N-ethyl adjacent to an activating group) is 1. The molecule has 0 unspecified atom stereocenters. The van der Waals surface area contributed by atoms with E-state index >= 15 is 0 Å². The van der Waals surface area contributed by atoms with Crippen LogP contribution in [-0.2, 0) is 14.3 Å². The number of hydrogen-bond donors (Lipinski definition) is 4. The molecule has 3 amide bonds. The van der Waals surface area contributed by atoms with Gasteiger partial charge in [-0.1, -0.05) is 32.6 Å². The number of aromatic nitrogens is 2. The second kappa shape index (κ2) is 15.1.